The smallest absolute Gasteiger partial charge is 0.337 e. The Balaban J connectivity index is 1.44. The summed E-state index contributed by atoms with van der Waals surface area (Å²) >= 11 is 3.45. The lowest BCUT2D eigenvalue weighted by Gasteiger charge is -2.28. The van der Waals surface area contributed by atoms with Gasteiger partial charge in [0.1, 0.15) is 13.2 Å². The van der Waals surface area contributed by atoms with Crippen molar-refractivity contribution in [3.63, 3.8) is 0 Å². The van der Waals surface area contributed by atoms with Crippen LogP contribution in [-0.2, 0) is 22.6 Å². The number of rotatable bonds is 17. The van der Waals surface area contributed by atoms with Gasteiger partial charge in [-0.3, -0.25) is 5.43 Å². The van der Waals surface area contributed by atoms with Crippen molar-refractivity contribution in [2.45, 2.75) is 46.1 Å². The highest BCUT2D eigenvalue weighted by Crippen LogP contribution is 2.36. The fourth-order valence-corrected chi connectivity index (χ4v) is 5.31. The van der Waals surface area contributed by atoms with Crippen LogP contribution in [0.25, 0.3) is 0 Å². The normalized spacial score (nSPS) is 14.8. The van der Waals surface area contributed by atoms with E-state index < -0.39 is 24.3 Å². The van der Waals surface area contributed by atoms with Crippen LogP contribution in [0.3, 0.4) is 0 Å². The van der Waals surface area contributed by atoms with Crippen LogP contribution >= 0.6 is 15.9 Å². The molecule has 0 unspecified atom stereocenters. The van der Waals surface area contributed by atoms with Gasteiger partial charge in [-0.15, -0.1) is 6.58 Å². The minimum atomic E-state index is -1.17. The maximum absolute atomic E-state index is 12.5. The van der Waals surface area contributed by atoms with Crippen molar-refractivity contribution in [1.29, 1.82) is 0 Å². The molecule has 1 aliphatic rings. The van der Waals surface area contributed by atoms with Gasteiger partial charge in [0.2, 0.25) is 0 Å². The average Bonchev–Trinajstić information content (AvgIpc) is 3.08. The van der Waals surface area contributed by atoms with Crippen LogP contribution in [-0.4, -0.2) is 56.5 Å². The van der Waals surface area contributed by atoms with E-state index in [1.165, 1.54) is 7.11 Å². The number of carbonyl (C=O) groups excluding carboxylic acids is 2. The maximum atomic E-state index is 12.5. The lowest BCUT2D eigenvalue weighted by Crippen LogP contribution is -2.45. The number of ether oxygens (including phenoxy) is 5. The summed E-state index contributed by atoms with van der Waals surface area (Å²) in [6.07, 6.45) is 2.74. The molecule has 260 valence electrons. The van der Waals surface area contributed by atoms with Crippen LogP contribution in [0.5, 0.6) is 23.0 Å². The molecular weight excluding hydrogens is 696 g/mol. The summed E-state index contributed by atoms with van der Waals surface area (Å²) in [5.41, 5.74) is 6.53. The molecule has 1 aliphatic heterocycles. The number of nitrogens with zero attached hydrogens (tertiary/aromatic N) is 1. The third-order valence-electron chi connectivity index (χ3n) is 7.22. The Bertz CT molecular complexity index is 1690. The largest absolute Gasteiger partial charge is 0.490 e. The molecule has 0 spiro atoms. The number of methoxy groups -OCH3 is 1. The lowest BCUT2D eigenvalue weighted by molar-refractivity contribution is -0.136. The van der Waals surface area contributed by atoms with Gasteiger partial charge in [0, 0.05) is 15.7 Å². The number of aliphatic hydroxyl groups excluding tert-OH is 1. The molecule has 1 heterocycles. The summed E-state index contributed by atoms with van der Waals surface area (Å²) in [6.45, 7) is 10.2. The second-order valence-electron chi connectivity index (χ2n) is 10.8. The van der Waals surface area contributed by atoms with E-state index in [-0.39, 0.29) is 12.2 Å². The molecule has 0 aliphatic carbocycles. The molecule has 2 amide bonds. The Kier molecular flexibility index (Phi) is 13.5. The number of halogens is 1. The third-order valence-corrected chi connectivity index (χ3v) is 7.75. The molecule has 4 N–H and O–H groups in total. The zero-order chi connectivity index (χ0) is 35.3. The van der Waals surface area contributed by atoms with Crippen LogP contribution in [0.1, 0.15) is 49.1 Å². The Hall–Kier alpha value is -5.01. The van der Waals surface area contributed by atoms with Gasteiger partial charge in [-0.25, -0.2) is 9.59 Å². The zero-order valence-corrected chi connectivity index (χ0v) is 29.5. The first-order valence-corrected chi connectivity index (χ1v) is 16.5. The van der Waals surface area contributed by atoms with Crippen LogP contribution < -0.4 is 35.0 Å². The topological polar surface area (TPSA) is 149 Å². The molecule has 0 fully saturated rings. The number of aliphatic hydroxyl groups is 1. The molecule has 13 heteroatoms. The van der Waals surface area contributed by atoms with E-state index in [1.54, 1.807) is 37.4 Å². The molecule has 0 saturated heterocycles. The number of hydrogen-bond donors (Lipinski definition) is 4. The van der Waals surface area contributed by atoms with Gasteiger partial charge in [0.25, 0.3) is 0 Å². The van der Waals surface area contributed by atoms with Crippen molar-refractivity contribution in [2.24, 2.45) is 5.10 Å². The molecule has 2 atom stereocenters. The molecule has 3 aromatic rings. The van der Waals surface area contributed by atoms with Crippen molar-refractivity contribution in [3.05, 3.63) is 105 Å². The number of hydrazone groups is 1. The first-order chi connectivity index (χ1) is 23.7. The number of allylic oxidation sites excluding steroid dienone is 2. The minimum Gasteiger partial charge on any atom is -0.490 e. The molecule has 0 saturated carbocycles. The Morgan fingerprint density at radius 2 is 1.78 bits per heavy atom. The highest BCUT2D eigenvalue weighted by Gasteiger charge is 2.32. The van der Waals surface area contributed by atoms with Gasteiger partial charge in [0.05, 0.1) is 38.2 Å². The molecule has 4 rings (SSSR count). The Morgan fingerprint density at radius 1 is 1.04 bits per heavy atom. The van der Waals surface area contributed by atoms with Gasteiger partial charge < -0.3 is 39.4 Å². The molecule has 0 radical (unpaired) electrons. The van der Waals surface area contributed by atoms with Gasteiger partial charge in [0.15, 0.2) is 29.2 Å². The lowest BCUT2D eigenvalue weighted by atomic mass is 9.95. The summed E-state index contributed by atoms with van der Waals surface area (Å²) in [5, 5.41) is 20.2. The van der Waals surface area contributed by atoms with Crippen LogP contribution in [0, 0.1) is 0 Å². The van der Waals surface area contributed by atoms with E-state index in [2.05, 4.69) is 43.7 Å². The SMILES string of the molecule is C=CCc1cc(/C=N\N[C@H](O)COc2ccc([C@H]3NC(=O)NC(C)=C3C(=O)OC)cc2OCC)cc(OCC)c1OCc1ccc(Br)cc1. The predicted octanol–water partition coefficient (Wildman–Crippen LogP) is 5.68. The van der Waals surface area contributed by atoms with Gasteiger partial charge >= 0.3 is 12.0 Å². The number of nitrogens with one attached hydrogen (secondary N) is 3. The van der Waals surface area contributed by atoms with Crippen LogP contribution in [0.4, 0.5) is 4.79 Å². The van der Waals surface area contributed by atoms with E-state index in [4.69, 9.17) is 23.7 Å². The van der Waals surface area contributed by atoms with Crippen molar-refractivity contribution < 1.29 is 38.4 Å². The van der Waals surface area contributed by atoms with Crippen molar-refractivity contribution in [2.75, 3.05) is 26.9 Å². The molecule has 49 heavy (non-hydrogen) atoms. The fraction of sp³-hybridized carbons (Fsp3) is 0.306. The summed E-state index contributed by atoms with van der Waals surface area (Å²) in [5.74, 6) is 1.35. The standard InChI is InChI=1S/C36H41BrN4O8/c1-6-9-26-16-24(17-30(47-8-3)34(26)49-20-23-10-13-27(37)14-11-23)19-38-41-31(42)21-48-28-15-12-25(18-29(28)46-7-2)33-32(35(43)45-5)22(4)39-36(44)40-33/h6,10-19,31,33,41-42H,1,7-9,20-21H2,2-5H3,(H2,39,40,44)/b38-19-/t31-,33-/m1/s1. The van der Waals surface area contributed by atoms with Crippen molar-refractivity contribution in [3.8, 4) is 23.0 Å². The molecular formula is C36H41BrN4O8. The Labute approximate surface area is 294 Å². The number of esters is 1. The Morgan fingerprint density at radius 3 is 2.47 bits per heavy atom. The summed E-state index contributed by atoms with van der Waals surface area (Å²) in [4.78, 5) is 24.7. The third kappa shape index (κ3) is 10.00. The van der Waals surface area contributed by atoms with Gasteiger partial charge in [-0.05, 0) is 80.3 Å². The quantitative estimate of drug-likeness (QED) is 0.0452. The second kappa shape index (κ2) is 17.9. The van der Waals surface area contributed by atoms with E-state index in [1.807, 2.05) is 50.2 Å². The zero-order valence-electron chi connectivity index (χ0n) is 27.9. The van der Waals surface area contributed by atoms with Crippen molar-refractivity contribution >= 4 is 34.1 Å². The monoisotopic (exact) mass is 736 g/mol. The number of amides is 2. The molecule has 12 nitrogen and oxygen atoms in total. The van der Waals surface area contributed by atoms with E-state index in [0.29, 0.717) is 60.5 Å². The van der Waals surface area contributed by atoms with Crippen molar-refractivity contribution in [1.82, 2.24) is 16.1 Å². The van der Waals surface area contributed by atoms with E-state index >= 15 is 0 Å². The number of carbonyl (C=O) groups is 2. The first-order valence-electron chi connectivity index (χ1n) is 15.7. The summed E-state index contributed by atoms with van der Waals surface area (Å²) < 4.78 is 29.7. The average molecular weight is 738 g/mol. The van der Waals surface area contributed by atoms with Crippen LogP contribution in [0.15, 0.2) is 88.1 Å². The van der Waals surface area contributed by atoms with E-state index in [9.17, 15) is 14.7 Å². The van der Waals surface area contributed by atoms with Gasteiger partial charge in [-0.2, -0.15) is 5.10 Å². The maximum Gasteiger partial charge on any atom is 0.337 e. The summed E-state index contributed by atoms with van der Waals surface area (Å²) in [6, 6.07) is 15.5. The molecule has 0 aromatic heterocycles. The molecule has 3 aromatic carbocycles. The highest BCUT2D eigenvalue weighted by atomic mass is 79.9. The predicted molar refractivity (Wildman–Crippen MR) is 189 cm³/mol. The van der Waals surface area contributed by atoms with Crippen LogP contribution in [0.2, 0.25) is 0 Å². The summed E-state index contributed by atoms with van der Waals surface area (Å²) in [7, 11) is 1.28. The number of hydrogen-bond acceptors (Lipinski definition) is 10. The number of benzene rings is 3. The fourth-order valence-electron chi connectivity index (χ4n) is 5.05. The van der Waals surface area contributed by atoms with E-state index in [0.717, 1.165) is 21.2 Å². The minimum absolute atomic E-state index is 0.165. The second-order valence-corrected chi connectivity index (χ2v) is 11.7. The van der Waals surface area contributed by atoms with Gasteiger partial charge in [-0.1, -0.05) is 40.2 Å². The number of urea groups is 1. The molecule has 0 bridgehead atoms. The first kappa shape index (κ1) is 36.8. The highest BCUT2D eigenvalue weighted by molar-refractivity contribution is 9.10.